The van der Waals surface area contributed by atoms with Crippen molar-refractivity contribution in [2.45, 2.75) is 13.1 Å². The highest BCUT2D eigenvalue weighted by Crippen LogP contribution is 2.42. The predicted molar refractivity (Wildman–Crippen MR) is 85.6 cm³/mol. The molecule has 1 aliphatic heterocycles. The number of rotatable bonds is 1. The van der Waals surface area contributed by atoms with E-state index in [0.29, 0.717) is 36.2 Å². The lowest BCUT2D eigenvalue weighted by Gasteiger charge is -2.32. The molecule has 0 amide bonds. The van der Waals surface area contributed by atoms with Crippen LogP contribution in [0.3, 0.4) is 0 Å². The zero-order valence-electron chi connectivity index (χ0n) is 13.4. The molecule has 6 nitrogen and oxygen atoms in total. The number of piperazine rings is 1. The van der Waals surface area contributed by atoms with Crippen LogP contribution in [0.5, 0.6) is 0 Å². The van der Waals surface area contributed by atoms with Crippen molar-refractivity contribution in [1.29, 1.82) is 0 Å². The van der Waals surface area contributed by atoms with Crippen LogP contribution in [0.15, 0.2) is 0 Å². The maximum absolute atomic E-state index is 14.4. The van der Waals surface area contributed by atoms with Crippen LogP contribution >= 0.6 is 11.3 Å². The summed E-state index contributed by atoms with van der Waals surface area (Å²) in [6.07, 6.45) is -4.77. The molecule has 0 atom stereocenters. The highest BCUT2D eigenvalue weighted by atomic mass is 32.1. The zero-order chi connectivity index (χ0) is 17.9. The van der Waals surface area contributed by atoms with Crippen molar-refractivity contribution in [2.24, 2.45) is 0 Å². The van der Waals surface area contributed by atoms with Gasteiger partial charge in [0.25, 0.3) is 0 Å². The predicted octanol–water partition coefficient (Wildman–Crippen LogP) is 2.56. The van der Waals surface area contributed by atoms with Crippen LogP contribution < -0.4 is 4.90 Å². The molecule has 0 saturated carbocycles. The van der Waals surface area contributed by atoms with E-state index < -0.39 is 16.9 Å². The van der Waals surface area contributed by atoms with Crippen molar-refractivity contribution < 1.29 is 17.6 Å². The van der Waals surface area contributed by atoms with E-state index in [2.05, 4.69) is 20.0 Å². The van der Waals surface area contributed by atoms with Gasteiger partial charge in [-0.3, -0.25) is 0 Å². The maximum Gasteiger partial charge on any atom is 0.428 e. The van der Waals surface area contributed by atoms with Gasteiger partial charge in [0.15, 0.2) is 11.5 Å². The molecule has 1 saturated heterocycles. The standard InChI is InChI=1S/C14H14F4N6S/c1-7-19-11-8-9(15)10(14(16,17)18)25-12(8)20-13(24(11)21-7)23-5-3-22(2)4-6-23/h3-6H2,1-2H3. The number of aryl methyl sites for hydroxylation is 1. The highest BCUT2D eigenvalue weighted by molar-refractivity contribution is 7.18. The van der Waals surface area contributed by atoms with E-state index >= 15 is 0 Å². The van der Waals surface area contributed by atoms with Crippen LogP contribution in [0.1, 0.15) is 10.7 Å². The molecule has 0 unspecified atom stereocenters. The number of thiophene rings is 1. The Morgan fingerprint density at radius 1 is 1.08 bits per heavy atom. The van der Waals surface area contributed by atoms with Crippen molar-refractivity contribution in [1.82, 2.24) is 24.5 Å². The average Bonchev–Trinajstić information content (AvgIpc) is 3.07. The van der Waals surface area contributed by atoms with Crippen molar-refractivity contribution >= 4 is 33.1 Å². The van der Waals surface area contributed by atoms with E-state index in [9.17, 15) is 17.6 Å². The molecule has 0 aliphatic carbocycles. The van der Waals surface area contributed by atoms with E-state index in [4.69, 9.17) is 0 Å². The van der Waals surface area contributed by atoms with Crippen molar-refractivity contribution in [3.8, 4) is 0 Å². The smallest absolute Gasteiger partial charge is 0.338 e. The summed E-state index contributed by atoms with van der Waals surface area (Å²) in [7, 11) is 1.99. The Balaban J connectivity index is 1.97. The maximum atomic E-state index is 14.4. The highest BCUT2D eigenvalue weighted by Gasteiger charge is 2.39. The summed E-state index contributed by atoms with van der Waals surface area (Å²) in [4.78, 5) is 11.2. The number of nitrogens with zero attached hydrogens (tertiary/aromatic N) is 6. The van der Waals surface area contributed by atoms with Crippen molar-refractivity contribution in [2.75, 3.05) is 38.1 Å². The molecular weight excluding hydrogens is 360 g/mol. The summed E-state index contributed by atoms with van der Waals surface area (Å²) in [5.41, 5.74) is 0.0701. The first kappa shape index (κ1) is 16.5. The van der Waals surface area contributed by atoms with Gasteiger partial charge in [0, 0.05) is 26.2 Å². The second-order valence-electron chi connectivity index (χ2n) is 6.02. The van der Waals surface area contributed by atoms with E-state index in [-0.39, 0.29) is 15.9 Å². The number of fused-ring (bicyclic) bond motifs is 3. The molecule has 4 rings (SSSR count). The SMILES string of the molecule is Cc1nc2c3c(F)c(C(F)(F)F)sc3nc(N3CCN(C)CC3)n2n1. The molecule has 1 aliphatic rings. The number of aromatic nitrogens is 4. The normalized spacial score (nSPS) is 17.1. The molecule has 4 heterocycles. The first-order valence-electron chi connectivity index (χ1n) is 7.62. The first-order valence-corrected chi connectivity index (χ1v) is 8.43. The molecule has 11 heteroatoms. The Morgan fingerprint density at radius 2 is 1.76 bits per heavy atom. The van der Waals surface area contributed by atoms with Gasteiger partial charge in [0.05, 0.1) is 5.39 Å². The van der Waals surface area contributed by atoms with Crippen LogP contribution in [-0.2, 0) is 6.18 Å². The Kier molecular flexibility index (Phi) is 3.62. The van der Waals surface area contributed by atoms with Gasteiger partial charge < -0.3 is 9.80 Å². The summed E-state index contributed by atoms with van der Waals surface area (Å²) in [6.45, 7) is 4.51. The van der Waals surface area contributed by atoms with Gasteiger partial charge in [0.1, 0.15) is 15.5 Å². The van der Waals surface area contributed by atoms with Crippen molar-refractivity contribution in [3.63, 3.8) is 0 Å². The number of likely N-dealkylation sites (N-methyl/N-ethyl adjacent to an activating group) is 1. The summed E-state index contributed by atoms with van der Waals surface area (Å²) < 4.78 is 55.0. The molecular formula is C14H14F4N6S. The van der Waals surface area contributed by atoms with Crippen LogP contribution in [0.2, 0.25) is 0 Å². The van der Waals surface area contributed by atoms with E-state index in [0.717, 1.165) is 13.1 Å². The molecule has 0 N–H and O–H groups in total. The lowest BCUT2D eigenvalue weighted by Crippen LogP contribution is -2.45. The van der Waals surface area contributed by atoms with Gasteiger partial charge >= 0.3 is 6.18 Å². The number of hydrogen-bond donors (Lipinski definition) is 0. The molecule has 0 aromatic carbocycles. The zero-order valence-corrected chi connectivity index (χ0v) is 14.2. The Bertz CT molecular complexity index is 954. The third-order valence-corrected chi connectivity index (χ3v) is 5.31. The number of alkyl halides is 3. The second-order valence-corrected chi connectivity index (χ2v) is 7.02. The fraction of sp³-hybridized carbons (Fsp3) is 0.500. The van der Waals surface area contributed by atoms with Gasteiger partial charge in [-0.15, -0.1) is 16.4 Å². The molecule has 3 aromatic rings. The number of hydrogen-bond acceptors (Lipinski definition) is 6. The molecule has 0 radical (unpaired) electrons. The molecule has 3 aromatic heterocycles. The molecule has 134 valence electrons. The van der Waals surface area contributed by atoms with Gasteiger partial charge in [-0.1, -0.05) is 0 Å². The molecule has 0 spiro atoms. The fourth-order valence-corrected chi connectivity index (χ4v) is 3.83. The van der Waals surface area contributed by atoms with E-state index in [1.165, 1.54) is 4.52 Å². The average molecular weight is 374 g/mol. The third-order valence-electron chi connectivity index (χ3n) is 4.20. The largest absolute Gasteiger partial charge is 0.428 e. The lowest BCUT2D eigenvalue weighted by molar-refractivity contribution is -0.136. The van der Waals surface area contributed by atoms with Gasteiger partial charge in [0.2, 0.25) is 5.95 Å². The minimum Gasteiger partial charge on any atom is -0.338 e. The van der Waals surface area contributed by atoms with Gasteiger partial charge in [-0.2, -0.15) is 17.7 Å². The Hall–Kier alpha value is -2.01. The first-order chi connectivity index (χ1) is 11.8. The lowest BCUT2D eigenvalue weighted by atomic mass is 10.3. The minimum absolute atomic E-state index is 0.0151. The second kappa shape index (κ2) is 5.49. The van der Waals surface area contributed by atoms with Crippen molar-refractivity contribution in [3.05, 3.63) is 16.5 Å². The van der Waals surface area contributed by atoms with E-state index in [1.54, 1.807) is 6.92 Å². The summed E-state index contributed by atoms with van der Waals surface area (Å²) >= 11 is 0.304. The van der Waals surface area contributed by atoms with Gasteiger partial charge in [-0.25, -0.2) is 14.4 Å². The third kappa shape index (κ3) is 2.61. The summed E-state index contributed by atoms with van der Waals surface area (Å²) in [5, 5.41) is 3.99. The Labute approximate surface area is 143 Å². The summed E-state index contributed by atoms with van der Waals surface area (Å²) in [5.74, 6) is -0.586. The minimum atomic E-state index is -4.77. The number of halogens is 4. The monoisotopic (exact) mass is 374 g/mol. The van der Waals surface area contributed by atoms with Crippen LogP contribution in [0, 0.1) is 12.7 Å². The molecule has 0 bridgehead atoms. The molecule has 25 heavy (non-hydrogen) atoms. The topological polar surface area (TPSA) is 49.6 Å². The van der Waals surface area contributed by atoms with Crippen LogP contribution in [0.25, 0.3) is 15.9 Å². The summed E-state index contributed by atoms with van der Waals surface area (Å²) in [6, 6.07) is 0. The Morgan fingerprint density at radius 3 is 2.40 bits per heavy atom. The van der Waals surface area contributed by atoms with E-state index in [1.807, 2.05) is 11.9 Å². The fourth-order valence-electron chi connectivity index (χ4n) is 2.92. The number of anilines is 1. The van der Waals surface area contributed by atoms with Crippen LogP contribution in [-0.4, -0.2) is 57.7 Å². The quantitative estimate of drug-likeness (QED) is 0.613. The van der Waals surface area contributed by atoms with Crippen LogP contribution in [0.4, 0.5) is 23.5 Å². The van der Waals surface area contributed by atoms with Gasteiger partial charge in [-0.05, 0) is 14.0 Å². The molecule has 1 fully saturated rings.